The Morgan fingerprint density at radius 3 is 1.17 bits per heavy atom. The molecule has 0 saturated carbocycles. The maximum atomic E-state index is 5.27. The molecule has 0 aromatic heterocycles. The van der Waals surface area contributed by atoms with Crippen LogP contribution in [0.15, 0.2) is 24.3 Å². The molecule has 1 rings (SSSR count). The van der Waals surface area contributed by atoms with E-state index in [9.17, 15) is 0 Å². The molecule has 0 radical (unpaired) electrons. The predicted octanol–water partition coefficient (Wildman–Crippen LogP) is -3.41. The summed E-state index contributed by atoms with van der Waals surface area (Å²) >= 11 is 0. The second kappa shape index (κ2) is 7.54. The largest absolute Gasteiger partial charge is 1.00 e. The number of hydrogen-bond donors (Lipinski definition) is 0. The molecule has 2 heteroatoms. The standard InChI is InChI=1S/C10H8.2Li/c1-3-9-5-7-10(4-2)8-6-9;;/h1-8H;;/q-2;2*+1. The van der Waals surface area contributed by atoms with Crippen LogP contribution in [0.4, 0.5) is 0 Å². The molecule has 0 aliphatic carbocycles. The summed E-state index contributed by atoms with van der Waals surface area (Å²) in [6.45, 7) is 10.5. The summed E-state index contributed by atoms with van der Waals surface area (Å²) in [7, 11) is 0. The van der Waals surface area contributed by atoms with Gasteiger partial charge >= 0.3 is 37.7 Å². The van der Waals surface area contributed by atoms with Crippen molar-refractivity contribution in [2.24, 2.45) is 0 Å². The topological polar surface area (TPSA) is 0 Å². The number of benzene rings is 1. The van der Waals surface area contributed by atoms with Crippen LogP contribution in [0.5, 0.6) is 0 Å². The van der Waals surface area contributed by atoms with Gasteiger partial charge in [-0.25, -0.2) is 12.2 Å². The minimum Gasteiger partial charge on any atom is -0.292 e. The third-order valence-corrected chi connectivity index (χ3v) is 1.32. The minimum absolute atomic E-state index is 0. The average Bonchev–Trinajstić information content (AvgIpc) is 2.05. The normalized spacial score (nSPS) is 7.33. The van der Waals surface area contributed by atoms with Crippen molar-refractivity contribution in [2.45, 2.75) is 0 Å². The molecule has 0 saturated heterocycles. The molecule has 0 unspecified atom stereocenters. The SMILES string of the molecule is [CH-]=Cc1ccc(C=[CH-])cc1.[Li+].[Li+]. The smallest absolute Gasteiger partial charge is 0.292 e. The first kappa shape index (κ1) is 14.4. The first-order valence-corrected chi connectivity index (χ1v) is 3.07. The van der Waals surface area contributed by atoms with Gasteiger partial charge in [-0.15, -0.1) is 0 Å². The molecule has 0 aliphatic rings. The zero-order chi connectivity index (χ0) is 7.40. The van der Waals surface area contributed by atoms with Gasteiger partial charge in [-0.1, -0.05) is 0 Å². The van der Waals surface area contributed by atoms with E-state index < -0.39 is 0 Å². The summed E-state index contributed by atoms with van der Waals surface area (Å²) < 4.78 is 0. The van der Waals surface area contributed by atoms with E-state index in [0.717, 1.165) is 11.1 Å². The maximum Gasteiger partial charge on any atom is 1.00 e. The number of rotatable bonds is 2. The van der Waals surface area contributed by atoms with Gasteiger partial charge < -0.3 is 0 Å². The van der Waals surface area contributed by atoms with Gasteiger partial charge in [0.2, 0.25) is 0 Å². The summed E-state index contributed by atoms with van der Waals surface area (Å²) in [6.07, 6.45) is 3.11. The summed E-state index contributed by atoms with van der Waals surface area (Å²) in [5.41, 5.74) is 2.01. The average molecular weight is 142 g/mol. The predicted molar refractivity (Wildman–Crippen MR) is 44.0 cm³/mol. The Balaban J connectivity index is 0. The molecule has 50 valence electrons. The van der Waals surface area contributed by atoms with Crippen molar-refractivity contribution in [3.05, 3.63) is 48.6 Å². The van der Waals surface area contributed by atoms with Crippen LogP contribution in [-0.4, -0.2) is 0 Å². The van der Waals surface area contributed by atoms with E-state index in [2.05, 4.69) is 0 Å². The zero-order valence-corrected chi connectivity index (χ0v) is 7.62. The van der Waals surface area contributed by atoms with Crippen molar-refractivity contribution >= 4 is 12.2 Å². The van der Waals surface area contributed by atoms with E-state index in [1.54, 1.807) is 12.2 Å². The van der Waals surface area contributed by atoms with Crippen molar-refractivity contribution in [2.75, 3.05) is 0 Å². The molecule has 1 aromatic rings. The van der Waals surface area contributed by atoms with E-state index >= 15 is 0 Å². The fraction of sp³-hybridized carbons (Fsp3) is 0. The van der Waals surface area contributed by atoms with Crippen molar-refractivity contribution in [3.63, 3.8) is 0 Å². The Kier molecular flexibility index (Phi) is 9.06. The second-order valence-electron chi connectivity index (χ2n) is 2.00. The van der Waals surface area contributed by atoms with Gasteiger partial charge in [-0.05, 0) is 0 Å². The fourth-order valence-electron chi connectivity index (χ4n) is 0.718. The molecule has 0 atom stereocenters. The van der Waals surface area contributed by atoms with Crippen LogP contribution in [0.25, 0.3) is 12.2 Å². The van der Waals surface area contributed by atoms with Crippen LogP contribution in [0, 0.1) is 13.2 Å². The summed E-state index contributed by atoms with van der Waals surface area (Å²) in [5.74, 6) is 0. The molecular weight excluding hydrogens is 134 g/mol. The third-order valence-electron chi connectivity index (χ3n) is 1.32. The van der Waals surface area contributed by atoms with E-state index in [1.807, 2.05) is 24.3 Å². The molecule has 12 heavy (non-hydrogen) atoms. The van der Waals surface area contributed by atoms with Crippen molar-refractivity contribution in [3.8, 4) is 0 Å². The molecule has 0 spiro atoms. The first-order valence-electron chi connectivity index (χ1n) is 3.07. The van der Waals surface area contributed by atoms with Crippen LogP contribution < -0.4 is 37.7 Å². The van der Waals surface area contributed by atoms with Crippen LogP contribution in [0.1, 0.15) is 11.1 Å². The molecule has 0 amide bonds. The van der Waals surface area contributed by atoms with Crippen LogP contribution in [0.2, 0.25) is 0 Å². The Hall–Kier alpha value is -0.105. The minimum atomic E-state index is 0. The van der Waals surface area contributed by atoms with E-state index in [0.29, 0.717) is 0 Å². The zero-order valence-electron chi connectivity index (χ0n) is 7.62. The molecule has 0 bridgehead atoms. The van der Waals surface area contributed by atoms with Gasteiger partial charge in [0.25, 0.3) is 0 Å². The molecule has 0 aliphatic heterocycles. The molecular formula is C10H8Li2. The maximum absolute atomic E-state index is 5.27. The van der Waals surface area contributed by atoms with Gasteiger partial charge in [-0.2, -0.15) is 35.4 Å². The third kappa shape index (κ3) is 4.05. The van der Waals surface area contributed by atoms with Gasteiger partial charge in [0.1, 0.15) is 0 Å². The van der Waals surface area contributed by atoms with Crippen molar-refractivity contribution < 1.29 is 37.7 Å². The number of hydrogen-bond acceptors (Lipinski definition) is 0. The molecule has 0 heterocycles. The molecule has 0 fully saturated rings. The quantitative estimate of drug-likeness (QED) is 0.298. The van der Waals surface area contributed by atoms with Gasteiger partial charge in [0, 0.05) is 0 Å². The Labute approximate surface area is 98.1 Å². The van der Waals surface area contributed by atoms with E-state index in [4.69, 9.17) is 13.2 Å². The van der Waals surface area contributed by atoms with E-state index in [-0.39, 0.29) is 37.7 Å². The van der Waals surface area contributed by atoms with Crippen LogP contribution in [0.3, 0.4) is 0 Å². The van der Waals surface area contributed by atoms with Crippen molar-refractivity contribution in [1.29, 1.82) is 0 Å². The molecule has 0 N–H and O–H groups in total. The van der Waals surface area contributed by atoms with Gasteiger partial charge in [0.05, 0.1) is 0 Å². The Morgan fingerprint density at radius 2 is 1.00 bits per heavy atom. The first-order chi connectivity index (χ1) is 4.86. The van der Waals surface area contributed by atoms with Crippen LogP contribution >= 0.6 is 0 Å². The van der Waals surface area contributed by atoms with Crippen LogP contribution in [-0.2, 0) is 0 Å². The van der Waals surface area contributed by atoms with Crippen molar-refractivity contribution in [1.82, 2.24) is 0 Å². The summed E-state index contributed by atoms with van der Waals surface area (Å²) in [6, 6.07) is 7.66. The van der Waals surface area contributed by atoms with Gasteiger partial charge in [-0.3, -0.25) is 13.2 Å². The Morgan fingerprint density at radius 1 is 0.750 bits per heavy atom. The summed E-state index contributed by atoms with van der Waals surface area (Å²) in [5, 5.41) is 0. The second-order valence-corrected chi connectivity index (χ2v) is 2.00. The fourth-order valence-corrected chi connectivity index (χ4v) is 0.718. The summed E-state index contributed by atoms with van der Waals surface area (Å²) in [4.78, 5) is 0. The van der Waals surface area contributed by atoms with E-state index in [1.165, 1.54) is 0 Å². The monoisotopic (exact) mass is 142 g/mol. The Bertz CT molecular complexity index is 210. The van der Waals surface area contributed by atoms with Gasteiger partial charge in [0.15, 0.2) is 0 Å². The molecule has 0 nitrogen and oxygen atoms in total. The molecule has 1 aromatic carbocycles.